The lowest BCUT2D eigenvalue weighted by Gasteiger charge is -2.27. The van der Waals surface area contributed by atoms with E-state index < -0.39 is 0 Å². The number of fused-ring (bicyclic) bond motifs is 1. The Bertz CT molecular complexity index is 540. The molecule has 1 aliphatic heterocycles. The predicted octanol–water partition coefficient (Wildman–Crippen LogP) is 2.03. The summed E-state index contributed by atoms with van der Waals surface area (Å²) in [5.74, 6) is 1.80. The normalized spacial score (nSPS) is 17.6. The summed E-state index contributed by atoms with van der Waals surface area (Å²) in [4.78, 5) is 7.11. The zero-order chi connectivity index (χ0) is 13.1. The van der Waals surface area contributed by atoms with Gasteiger partial charge in [-0.15, -0.1) is 0 Å². The third-order valence-electron chi connectivity index (χ3n) is 3.35. The third kappa shape index (κ3) is 2.56. The molecule has 1 aromatic heterocycles. The van der Waals surface area contributed by atoms with Gasteiger partial charge in [0.25, 0.3) is 0 Å². The summed E-state index contributed by atoms with van der Waals surface area (Å²) in [7, 11) is 1.68. The number of aromatic nitrogens is 2. The first kappa shape index (κ1) is 12.0. The van der Waals surface area contributed by atoms with Crippen molar-refractivity contribution in [3.63, 3.8) is 0 Å². The van der Waals surface area contributed by atoms with E-state index in [9.17, 15) is 0 Å². The molecule has 0 fully saturated rings. The van der Waals surface area contributed by atoms with Crippen LogP contribution >= 0.6 is 0 Å². The van der Waals surface area contributed by atoms with Gasteiger partial charge in [0.1, 0.15) is 11.5 Å². The van der Waals surface area contributed by atoms with Crippen molar-refractivity contribution >= 4 is 0 Å². The molecule has 100 valence electrons. The fourth-order valence-corrected chi connectivity index (χ4v) is 2.33. The molecule has 1 aliphatic rings. The van der Waals surface area contributed by atoms with E-state index in [2.05, 4.69) is 15.3 Å². The highest BCUT2D eigenvalue weighted by molar-refractivity contribution is 5.43. The first-order chi connectivity index (χ1) is 9.36. The Morgan fingerprint density at radius 3 is 3.26 bits per heavy atom. The number of nitrogens with zero attached hydrogens (tertiary/aromatic N) is 1. The average Bonchev–Trinajstić information content (AvgIpc) is 2.97. The molecule has 1 aromatic carbocycles. The highest BCUT2D eigenvalue weighted by atomic mass is 16.5. The molecule has 2 aromatic rings. The quantitative estimate of drug-likeness (QED) is 0.882. The van der Waals surface area contributed by atoms with E-state index in [0.717, 1.165) is 42.3 Å². The topological polar surface area (TPSA) is 59.2 Å². The summed E-state index contributed by atoms with van der Waals surface area (Å²) in [6, 6.07) is 6.22. The van der Waals surface area contributed by atoms with E-state index in [1.165, 1.54) is 0 Å². The van der Waals surface area contributed by atoms with Gasteiger partial charge in [-0.2, -0.15) is 0 Å². The number of ether oxygens (including phenoxy) is 2. The summed E-state index contributed by atoms with van der Waals surface area (Å²) in [6.07, 6.45) is 4.48. The lowest BCUT2D eigenvalue weighted by Crippen LogP contribution is -2.26. The van der Waals surface area contributed by atoms with Gasteiger partial charge in [-0.25, -0.2) is 4.98 Å². The lowest BCUT2D eigenvalue weighted by molar-refractivity contribution is 0.251. The molecule has 0 aliphatic carbocycles. The second-order valence-corrected chi connectivity index (χ2v) is 4.55. The fraction of sp³-hybridized carbons (Fsp3) is 0.357. The molecule has 0 bridgehead atoms. The molecule has 1 unspecified atom stereocenters. The Morgan fingerprint density at radius 2 is 2.47 bits per heavy atom. The minimum absolute atomic E-state index is 0.280. The predicted molar refractivity (Wildman–Crippen MR) is 71.3 cm³/mol. The van der Waals surface area contributed by atoms with Crippen LogP contribution in [-0.4, -0.2) is 23.7 Å². The van der Waals surface area contributed by atoms with E-state index >= 15 is 0 Å². The van der Waals surface area contributed by atoms with Crippen LogP contribution in [0.15, 0.2) is 30.7 Å². The van der Waals surface area contributed by atoms with E-state index in [4.69, 9.17) is 9.47 Å². The largest absolute Gasteiger partial charge is 0.497 e. The van der Waals surface area contributed by atoms with Gasteiger partial charge in [0.15, 0.2) is 0 Å². The first-order valence-electron chi connectivity index (χ1n) is 6.38. The van der Waals surface area contributed by atoms with Crippen LogP contribution in [-0.2, 0) is 6.54 Å². The number of rotatable bonds is 4. The van der Waals surface area contributed by atoms with Crippen molar-refractivity contribution in [1.82, 2.24) is 15.3 Å². The van der Waals surface area contributed by atoms with Crippen molar-refractivity contribution in [1.29, 1.82) is 0 Å². The number of benzene rings is 1. The van der Waals surface area contributed by atoms with Gasteiger partial charge in [-0.05, 0) is 18.2 Å². The van der Waals surface area contributed by atoms with Gasteiger partial charge in [0, 0.05) is 36.5 Å². The monoisotopic (exact) mass is 259 g/mol. The second-order valence-electron chi connectivity index (χ2n) is 4.55. The maximum Gasteiger partial charge on any atom is 0.124 e. The second kappa shape index (κ2) is 5.32. The molecular weight excluding hydrogens is 242 g/mol. The van der Waals surface area contributed by atoms with Gasteiger partial charge in [-0.3, -0.25) is 0 Å². The number of methoxy groups -OCH3 is 1. The van der Waals surface area contributed by atoms with Crippen LogP contribution in [0.25, 0.3) is 0 Å². The molecule has 1 atom stereocenters. The van der Waals surface area contributed by atoms with Gasteiger partial charge in [0.05, 0.1) is 20.0 Å². The van der Waals surface area contributed by atoms with Crippen LogP contribution in [0.4, 0.5) is 0 Å². The molecular formula is C14H17N3O2. The number of nitrogens with one attached hydrogen (secondary N) is 2. The third-order valence-corrected chi connectivity index (χ3v) is 3.35. The minimum atomic E-state index is 0.280. The standard InChI is InChI=1S/C14H17N3O2/c1-18-11-2-3-14-12(6-11)13(4-5-19-14)16-8-10-7-15-9-17-10/h2-3,6-7,9,13,16H,4-5,8H2,1H3,(H,15,17). The first-order valence-corrected chi connectivity index (χ1v) is 6.38. The Labute approximate surface area is 112 Å². The highest BCUT2D eigenvalue weighted by Crippen LogP contribution is 2.34. The van der Waals surface area contributed by atoms with Crippen LogP contribution in [0, 0.1) is 0 Å². The smallest absolute Gasteiger partial charge is 0.124 e. The van der Waals surface area contributed by atoms with Gasteiger partial charge in [0.2, 0.25) is 0 Å². The van der Waals surface area contributed by atoms with Crippen LogP contribution in [0.1, 0.15) is 23.7 Å². The average molecular weight is 259 g/mol. The summed E-state index contributed by atoms with van der Waals surface area (Å²) in [6.45, 7) is 1.50. The fourth-order valence-electron chi connectivity index (χ4n) is 2.33. The molecule has 2 N–H and O–H groups in total. The summed E-state index contributed by atoms with van der Waals surface area (Å²) in [5.41, 5.74) is 2.24. The van der Waals surface area contributed by atoms with Gasteiger partial charge >= 0.3 is 0 Å². The van der Waals surface area contributed by atoms with Crippen LogP contribution < -0.4 is 14.8 Å². The summed E-state index contributed by atoms with van der Waals surface area (Å²) >= 11 is 0. The molecule has 0 saturated carbocycles. The molecule has 19 heavy (non-hydrogen) atoms. The van der Waals surface area contributed by atoms with E-state index in [1.54, 1.807) is 13.4 Å². The van der Waals surface area contributed by atoms with E-state index in [-0.39, 0.29) is 6.04 Å². The Balaban J connectivity index is 1.77. The molecule has 0 saturated heterocycles. The molecule has 0 amide bonds. The summed E-state index contributed by atoms with van der Waals surface area (Å²) < 4.78 is 11.0. The van der Waals surface area contributed by atoms with Crippen molar-refractivity contribution < 1.29 is 9.47 Å². The number of H-pyrrole nitrogens is 1. The number of imidazole rings is 1. The van der Waals surface area contributed by atoms with Crippen molar-refractivity contribution in [2.45, 2.75) is 19.0 Å². The molecule has 0 spiro atoms. The number of hydrogen-bond acceptors (Lipinski definition) is 4. The van der Waals surface area contributed by atoms with Crippen molar-refractivity contribution in [3.05, 3.63) is 42.0 Å². The maximum absolute atomic E-state index is 5.67. The zero-order valence-electron chi connectivity index (χ0n) is 10.8. The Kier molecular flexibility index (Phi) is 3.37. The van der Waals surface area contributed by atoms with Crippen LogP contribution in [0.3, 0.4) is 0 Å². The lowest BCUT2D eigenvalue weighted by atomic mass is 10.00. The number of hydrogen-bond donors (Lipinski definition) is 2. The molecule has 5 heteroatoms. The SMILES string of the molecule is COc1ccc2c(c1)C(NCc1cnc[nH]1)CCO2. The van der Waals surface area contributed by atoms with Crippen molar-refractivity contribution in [2.24, 2.45) is 0 Å². The molecule has 5 nitrogen and oxygen atoms in total. The molecule has 0 radical (unpaired) electrons. The van der Waals surface area contributed by atoms with E-state index in [0.29, 0.717) is 0 Å². The zero-order valence-corrected chi connectivity index (χ0v) is 10.8. The minimum Gasteiger partial charge on any atom is -0.497 e. The van der Waals surface area contributed by atoms with Gasteiger partial charge < -0.3 is 19.8 Å². The molecule has 2 heterocycles. The van der Waals surface area contributed by atoms with Crippen molar-refractivity contribution in [3.8, 4) is 11.5 Å². The highest BCUT2D eigenvalue weighted by Gasteiger charge is 2.21. The van der Waals surface area contributed by atoms with Crippen molar-refractivity contribution in [2.75, 3.05) is 13.7 Å². The van der Waals surface area contributed by atoms with Gasteiger partial charge in [-0.1, -0.05) is 0 Å². The maximum atomic E-state index is 5.67. The Hall–Kier alpha value is -2.01. The number of aromatic amines is 1. The van der Waals surface area contributed by atoms with E-state index in [1.807, 2.05) is 24.4 Å². The Morgan fingerprint density at radius 1 is 1.53 bits per heavy atom. The van der Waals surface area contributed by atoms with Crippen LogP contribution in [0.2, 0.25) is 0 Å². The molecule has 3 rings (SSSR count). The van der Waals surface area contributed by atoms with Crippen LogP contribution in [0.5, 0.6) is 11.5 Å². The summed E-state index contributed by atoms with van der Waals surface area (Å²) in [5, 5.41) is 3.52.